The summed E-state index contributed by atoms with van der Waals surface area (Å²) in [5, 5.41) is 13.7. The highest BCUT2D eigenvalue weighted by atomic mass is 16.2. The lowest BCUT2D eigenvalue weighted by Gasteiger charge is -2.50. The van der Waals surface area contributed by atoms with E-state index in [1.54, 1.807) is 6.07 Å². The minimum Gasteiger partial charge on any atom is -0.365 e. The van der Waals surface area contributed by atoms with E-state index < -0.39 is 0 Å². The third-order valence-corrected chi connectivity index (χ3v) is 3.94. The highest BCUT2D eigenvalue weighted by molar-refractivity contribution is 5.44. The maximum absolute atomic E-state index is 11.4. The molecule has 7 heteroatoms. The van der Waals surface area contributed by atoms with Gasteiger partial charge in [-0.25, -0.2) is 9.89 Å². The molecule has 0 aromatic carbocycles. The van der Waals surface area contributed by atoms with Gasteiger partial charge in [-0.15, -0.1) is 5.10 Å². The van der Waals surface area contributed by atoms with Crippen molar-refractivity contribution in [3.8, 4) is 0 Å². The smallest absolute Gasteiger partial charge is 0.364 e. The van der Waals surface area contributed by atoms with Crippen molar-refractivity contribution in [2.24, 2.45) is 11.1 Å². The van der Waals surface area contributed by atoms with Crippen LogP contribution in [0.25, 0.3) is 5.65 Å². The maximum atomic E-state index is 11.4. The summed E-state index contributed by atoms with van der Waals surface area (Å²) in [6.45, 7) is 4.25. The second-order valence-electron chi connectivity index (χ2n) is 5.38. The molecule has 2 unspecified atom stereocenters. The third-order valence-electron chi connectivity index (χ3n) is 3.94. The summed E-state index contributed by atoms with van der Waals surface area (Å²) in [7, 11) is 0. The van der Waals surface area contributed by atoms with Crippen molar-refractivity contribution in [2.75, 3.05) is 5.32 Å². The Hall–Kier alpha value is -1.89. The molecule has 2 aromatic rings. The predicted molar refractivity (Wildman–Crippen MR) is 67.4 cm³/mol. The molecule has 3 rings (SSSR count). The van der Waals surface area contributed by atoms with E-state index in [-0.39, 0.29) is 23.2 Å². The van der Waals surface area contributed by atoms with Gasteiger partial charge in [0, 0.05) is 17.5 Å². The lowest BCUT2D eigenvalue weighted by Crippen LogP contribution is -2.61. The molecule has 1 aliphatic carbocycles. The number of nitrogens with two attached hydrogens (primary N) is 1. The van der Waals surface area contributed by atoms with Crippen LogP contribution in [0.2, 0.25) is 0 Å². The summed E-state index contributed by atoms with van der Waals surface area (Å²) in [4.78, 5) is 11.4. The number of rotatable bonds is 2. The summed E-state index contributed by atoms with van der Waals surface area (Å²) >= 11 is 0. The number of hydrogen-bond donors (Lipinski definition) is 3. The first kappa shape index (κ1) is 11.2. The Labute approximate surface area is 103 Å². The number of anilines is 1. The Kier molecular flexibility index (Phi) is 2.21. The standard InChI is InChI=1S/C11H16N6O/c1-11(2)6(12)5-7(11)13-8-3-4-9-14-15-10(18)17(9)16-8/h3-4,6-7H,5,12H2,1-2H3,(H,13,16)(H,15,18). The summed E-state index contributed by atoms with van der Waals surface area (Å²) in [6, 6.07) is 4.05. The van der Waals surface area contributed by atoms with E-state index in [0.717, 1.165) is 6.42 Å². The van der Waals surface area contributed by atoms with Crippen molar-refractivity contribution < 1.29 is 0 Å². The van der Waals surface area contributed by atoms with Gasteiger partial charge in [-0.3, -0.25) is 0 Å². The van der Waals surface area contributed by atoms with Crippen molar-refractivity contribution in [3.63, 3.8) is 0 Å². The first-order valence-corrected chi connectivity index (χ1v) is 5.95. The normalized spacial score (nSPS) is 25.9. The Morgan fingerprint density at radius 2 is 2.33 bits per heavy atom. The molecule has 2 heterocycles. The van der Waals surface area contributed by atoms with Crippen LogP contribution < -0.4 is 16.7 Å². The average molecular weight is 248 g/mol. The number of hydrogen-bond acceptors (Lipinski definition) is 5. The minimum absolute atomic E-state index is 0.0397. The predicted octanol–water partition coefficient (Wildman–Crippen LogP) is -0.0447. The minimum atomic E-state index is -0.335. The van der Waals surface area contributed by atoms with Gasteiger partial charge in [0.15, 0.2) is 5.65 Å². The second-order valence-corrected chi connectivity index (χ2v) is 5.38. The molecule has 0 radical (unpaired) electrons. The first-order valence-electron chi connectivity index (χ1n) is 5.95. The van der Waals surface area contributed by atoms with Crippen LogP contribution in [0.15, 0.2) is 16.9 Å². The highest BCUT2D eigenvalue weighted by Crippen LogP contribution is 2.40. The molecule has 0 bridgehead atoms. The van der Waals surface area contributed by atoms with Gasteiger partial charge in [0.1, 0.15) is 5.82 Å². The van der Waals surface area contributed by atoms with E-state index in [1.165, 1.54) is 4.52 Å². The van der Waals surface area contributed by atoms with E-state index in [2.05, 4.69) is 34.5 Å². The summed E-state index contributed by atoms with van der Waals surface area (Å²) in [6.07, 6.45) is 0.910. The lowest BCUT2D eigenvalue weighted by atomic mass is 9.63. The molecule has 1 saturated carbocycles. The van der Waals surface area contributed by atoms with Crippen LogP contribution in [0.4, 0.5) is 5.82 Å². The van der Waals surface area contributed by atoms with Gasteiger partial charge in [-0.05, 0) is 18.6 Å². The van der Waals surface area contributed by atoms with Crippen LogP contribution in [-0.4, -0.2) is 31.9 Å². The number of nitrogens with one attached hydrogen (secondary N) is 2. The molecule has 18 heavy (non-hydrogen) atoms. The Morgan fingerprint density at radius 1 is 1.56 bits per heavy atom. The van der Waals surface area contributed by atoms with Crippen molar-refractivity contribution in [1.82, 2.24) is 19.8 Å². The van der Waals surface area contributed by atoms with Crippen LogP contribution >= 0.6 is 0 Å². The molecule has 96 valence electrons. The SMILES string of the molecule is CC1(C)C(N)CC1Nc1ccc2n[nH]c(=O)n2n1. The molecule has 2 aromatic heterocycles. The molecule has 4 N–H and O–H groups in total. The van der Waals surface area contributed by atoms with Crippen LogP contribution in [-0.2, 0) is 0 Å². The zero-order valence-electron chi connectivity index (χ0n) is 10.3. The Balaban J connectivity index is 1.87. The van der Waals surface area contributed by atoms with Gasteiger partial charge in [0.25, 0.3) is 0 Å². The van der Waals surface area contributed by atoms with Crippen LogP contribution in [0.1, 0.15) is 20.3 Å². The lowest BCUT2D eigenvalue weighted by molar-refractivity contribution is 0.117. The van der Waals surface area contributed by atoms with Gasteiger partial charge in [0.2, 0.25) is 0 Å². The second kappa shape index (κ2) is 3.55. The number of H-pyrrole nitrogens is 1. The van der Waals surface area contributed by atoms with Gasteiger partial charge in [0.05, 0.1) is 0 Å². The van der Waals surface area contributed by atoms with Gasteiger partial charge >= 0.3 is 5.69 Å². The van der Waals surface area contributed by atoms with Crippen LogP contribution in [0, 0.1) is 5.41 Å². The van der Waals surface area contributed by atoms with Crippen molar-refractivity contribution in [1.29, 1.82) is 0 Å². The van der Waals surface area contributed by atoms with E-state index in [0.29, 0.717) is 11.5 Å². The van der Waals surface area contributed by atoms with Crippen molar-refractivity contribution >= 4 is 11.5 Å². The number of nitrogens with zero attached hydrogens (tertiary/aromatic N) is 3. The average Bonchev–Trinajstić information content (AvgIpc) is 2.71. The fraction of sp³-hybridized carbons (Fsp3) is 0.545. The molecular weight excluding hydrogens is 232 g/mol. The van der Waals surface area contributed by atoms with E-state index in [1.807, 2.05) is 6.07 Å². The molecule has 0 spiro atoms. The highest BCUT2D eigenvalue weighted by Gasteiger charge is 2.46. The zero-order chi connectivity index (χ0) is 12.9. The molecule has 0 aliphatic heterocycles. The molecule has 0 amide bonds. The fourth-order valence-electron chi connectivity index (χ4n) is 2.26. The number of fused-ring (bicyclic) bond motifs is 1. The molecule has 2 atom stereocenters. The van der Waals surface area contributed by atoms with Gasteiger partial charge in [-0.1, -0.05) is 13.8 Å². The fourth-order valence-corrected chi connectivity index (χ4v) is 2.26. The monoisotopic (exact) mass is 248 g/mol. The maximum Gasteiger partial charge on any atom is 0.364 e. The molecule has 7 nitrogen and oxygen atoms in total. The number of aromatic nitrogens is 4. The van der Waals surface area contributed by atoms with Crippen LogP contribution in [0.5, 0.6) is 0 Å². The third kappa shape index (κ3) is 1.51. The first-order chi connectivity index (χ1) is 8.48. The molecule has 0 saturated heterocycles. The summed E-state index contributed by atoms with van der Waals surface area (Å²) < 4.78 is 1.24. The molecule has 1 fully saturated rings. The topological polar surface area (TPSA) is 101 Å². The Morgan fingerprint density at radius 3 is 3.00 bits per heavy atom. The van der Waals surface area contributed by atoms with Crippen molar-refractivity contribution in [2.45, 2.75) is 32.4 Å². The molecule has 1 aliphatic rings. The number of aromatic amines is 1. The molecular formula is C11H16N6O. The Bertz CT molecular complexity index is 642. The summed E-state index contributed by atoms with van der Waals surface area (Å²) in [5.74, 6) is 0.663. The van der Waals surface area contributed by atoms with E-state index in [4.69, 9.17) is 5.73 Å². The zero-order valence-corrected chi connectivity index (χ0v) is 10.3. The largest absolute Gasteiger partial charge is 0.365 e. The van der Waals surface area contributed by atoms with E-state index in [9.17, 15) is 4.79 Å². The van der Waals surface area contributed by atoms with Crippen LogP contribution in [0.3, 0.4) is 0 Å². The van der Waals surface area contributed by atoms with Gasteiger partial charge in [-0.2, -0.15) is 9.61 Å². The quantitative estimate of drug-likeness (QED) is 0.692. The summed E-state index contributed by atoms with van der Waals surface area (Å²) in [5.41, 5.74) is 6.18. The van der Waals surface area contributed by atoms with Gasteiger partial charge < -0.3 is 11.1 Å². The van der Waals surface area contributed by atoms with E-state index >= 15 is 0 Å². The van der Waals surface area contributed by atoms with Crippen molar-refractivity contribution in [3.05, 3.63) is 22.6 Å².